The van der Waals surface area contributed by atoms with Crippen molar-refractivity contribution in [2.24, 2.45) is 0 Å². The van der Waals surface area contributed by atoms with Crippen LogP contribution in [0.4, 0.5) is 10.1 Å². The number of para-hydroxylation sites is 1. The number of nitrogens with zero attached hydrogens (tertiary/aromatic N) is 1. The number of rotatable bonds is 11. The number of terminal acetylenes is 1. The molecule has 1 amide bonds. The number of aromatic nitrogens is 1. The van der Waals surface area contributed by atoms with Gasteiger partial charge in [-0.05, 0) is 87.6 Å². The number of hydrogen-bond donors (Lipinski definition) is 4. The van der Waals surface area contributed by atoms with Crippen molar-refractivity contribution in [1.29, 1.82) is 0 Å². The Morgan fingerprint density at radius 1 is 1.02 bits per heavy atom. The number of halogens is 1. The molecule has 3 rings (SSSR count). The fourth-order valence-electron chi connectivity index (χ4n) is 4.18. The molecular weight excluding hydrogens is 559 g/mol. The second-order valence-electron chi connectivity index (χ2n) is 10.5. The second-order valence-corrected chi connectivity index (χ2v) is 10.5. The summed E-state index contributed by atoms with van der Waals surface area (Å²) in [5.74, 6) is -1.83. The maximum absolute atomic E-state index is 13.6. The van der Waals surface area contributed by atoms with Gasteiger partial charge in [0, 0.05) is 23.6 Å². The number of aliphatic carboxylic acids is 1. The minimum atomic E-state index is -1.15. The van der Waals surface area contributed by atoms with Crippen LogP contribution in [0.15, 0.2) is 85.5 Å². The maximum atomic E-state index is 13.6. The summed E-state index contributed by atoms with van der Waals surface area (Å²) in [5.41, 5.74) is 4.48. The number of nitrogens with one attached hydrogen (secondary N) is 1. The molecule has 0 aliphatic carbocycles. The van der Waals surface area contributed by atoms with Crippen LogP contribution in [0.2, 0.25) is 0 Å². The lowest BCUT2D eigenvalue weighted by Gasteiger charge is -2.20. The Morgan fingerprint density at radius 2 is 1.55 bits per heavy atom. The molecule has 0 spiro atoms. The third kappa shape index (κ3) is 14.6. The van der Waals surface area contributed by atoms with Gasteiger partial charge in [-0.15, -0.1) is 26.0 Å². The van der Waals surface area contributed by atoms with Gasteiger partial charge in [-0.2, -0.15) is 0 Å². The molecule has 8 heteroatoms. The molecule has 2 unspecified atom stereocenters. The Kier molecular flexibility index (Phi) is 19.1. The van der Waals surface area contributed by atoms with E-state index in [-0.39, 0.29) is 30.5 Å². The molecule has 1 heterocycles. The first kappa shape index (κ1) is 39.5. The van der Waals surface area contributed by atoms with E-state index >= 15 is 0 Å². The Morgan fingerprint density at radius 3 is 2.02 bits per heavy atom. The molecule has 0 saturated heterocycles. The van der Waals surface area contributed by atoms with Crippen molar-refractivity contribution in [3.05, 3.63) is 103 Å². The lowest BCUT2D eigenvalue weighted by atomic mass is 10.0. The Labute approximate surface area is 261 Å². The van der Waals surface area contributed by atoms with Crippen LogP contribution in [0, 0.1) is 18.7 Å². The highest BCUT2D eigenvalue weighted by Gasteiger charge is 2.24. The van der Waals surface area contributed by atoms with E-state index in [1.807, 2.05) is 57.4 Å². The summed E-state index contributed by atoms with van der Waals surface area (Å²) in [6.45, 7) is 17.0. The zero-order valence-corrected chi connectivity index (χ0v) is 26.5. The molecule has 3 aromatic rings. The second kappa shape index (κ2) is 21.3. The fraction of sp³-hybridized carbons (Fsp3) is 0.333. The Hall–Kier alpha value is -4.45. The molecule has 238 valence electrons. The minimum absolute atomic E-state index is 0.0459. The van der Waals surface area contributed by atoms with Gasteiger partial charge in [0.25, 0.3) is 5.91 Å². The van der Waals surface area contributed by atoms with Crippen LogP contribution in [0.1, 0.15) is 75.9 Å². The van der Waals surface area contributed by atoms with E-state index in [0.717, 1.165) is 5.69 Å². The van der Waals surface area contributed by atoms with E-state index in [9.17, 15) is 24.2 Å². The lowest BCUT2D eigenvalue weighted by molar-refractivity contribution is -0.139. The number of carbonyl (C=O) groups excluding carboxylic acids is 1. The van der Waals surface area contributed by atoms with Gasteiger partial charge in [-0.1, -0.05) is 43.7 Å². The van der Waals surface area contributed by atoms with Gasteiger partial charge in [0.2, 0.25) is 0 Å². The topological polar surface area (TPSA) is 112 Å². The quantitative estimate of drug-likeness (QED) is 0.132. The van der Waals surface area contributed by atoms with Crippen molar-refractivity contribution in [2.45, 2.75) is 78.6 Å². The molecule has 4 N–H and O–H groups in total. The molecule has 0 aliphatic rings. The number of aliphatic hydroxyl groups excluding tert-OH is 2. The molecule has 2 aromatic carbocycles. The smallest absolute Gasteiger partial charge is 0.305 e. The van der Waals surface area contributed by atoms with Crippen LogP contribution in [-0.4, -0.2) is 44.0 Å². The van der Waals surface area contributed by atoms with Gasteiger partial charge in [0.05, 0.1) is 24.2 Å². The maximum Gasteiger partial charge on any atom is 0.305 e. The third-order valence-electron chi connectivity index (χ3n) is 5.74. The number of amides is 1. The molecule has 2 atom stereocenters. The summed E-state index contributed by atoms with van der Waals surface area (Å²) in [6.07, 6.45) is 7.38. The first-order chi connectivity index (χ1) is 20.8. The number of anilines is 1. The number of carboxylic acid groups (broad SMARTS) is 1. The Balaban J connectivity index is 0.00000183. The zero-order valence-electron chi connectivity index (χ0n) is 26.5. The molecular formula is C36H47FN2O5. The lowest BCUT2D eigenvalue weighted by Crippen LogP contribution is -2.22. The monoisotopic (exact) mass is 606 g/mol. The first-order valence-corrected chi connectivity index (χ1v) is 14.3. The number of carboxylic acids is 1. The van der Waals surface area contributed by atoms with E-state index in [4.69, 9.17) is 5.11 Å². The van der Waals surface area contributed by atoms with E-state index in [1.165, 1.54) is 17.7 Å². The predicted octanol–water partition coefficient (Wildman–Crippen LogP) is 7.67. The number of carbonyl (C=O) groups is 2. The molecule has 0 fully saturated rings. The SMILES string of the molecule is C#C.C=C(C)C.C=CC.CC(C)c1c(C(=O)Nc2ccccc2)cc(-c2ccc(F)cc2)n1CCC(O)CC(O)CC(=O)O. The summed E-state index contributed by atoms with van der Waals surface area (Å²) in [7, 11) is 0. The van der Waals surface area contributed by atoms with Crippen molar-refractivity contribution in [1.82, 2.24) is 4.57 Å². The first-order valence-electron chi connectivity index (χ1n) is 14.3. The van der Waals surface area contributed by atoms with E-state index in [2.05, 4.69) is 31.3 Å². The van der Waals surface area contributed by atoms with Crippen molar-refractivity contribution in [2.75, 3.05) is 5.32 Å². The molecule has 0 radical (unpaired) electrons. The standard InChI is InChI=1S/C27H31FN2O5.C4H8.C3H6.C2H2/c1-17(2)26-23(27(35)29-20-6-4-3-5-7-20)16-24(18-8-10-19(28)11-9-18)30(26)13-12-21(31)14-22(32)15-25(33)34;1-4(2)3;1-3-2;1-2/h3-11,16-17,21-22,31-32H,12-15H2,1-2H3,(H,29,35)(H,33,34);1H2,2-3H3;3H,1H2,2H3;1-2H. The minimum Gasteiger partial charge on any atom is -0.481 e. The average Bonchev–Trinajstić information content (AvgIpc) is 3.34. The molecule has 0 saturated carbocycles. The summed E-state index contributed by atoms with van der Waals surface area (Å²) in [5, 5.41) is 32.1. The van der Waals surface area contributed by atoms with Crippen LogP contribution in [0.5, 0.6) is 0 Å². The van der Waals surface area contributed by atoms with Crippen LogP contribution >= 0.6 is 0 Å². The van der Waals surface area contributed by atoms with E-state index < -0.39 is 24.6 Å². The summed E-state index contributed by atoms with van der Waals surface area (Å²) < 4.78 is 15.5. The van der Waals surface area contributed by atoms with Crippen molar-refractivity contribution in [3.8, 4) is 24.1 Å². The predicted molar refractivity (Wildman–Crippen MR) is 178 cm³/mol. The van der Waals surface area contributed by atoms with Crippen LogP contribution in [-0.2, 0) is 11.3 Å². The fourth-order valence-corrected chi connectivity index (χ4v) is 4.18. The molecule has 1 aromatic heterocycles. The van der Waals surface area contributed by atoms with Crippen LogP contribution in [0.3, 0.4) is 0 Å². The summed E-state index contributed by atoms with van der Waals surface area (Å²) in [6, 6.07) is 16.8. The highest BCUT2D eigenvalue weighted by atomic mass is 19.1. The van der Waals surface area contributed by atoms with Gasteiger partial charge in [-0.25, -0.2) is 4.39 Å². The molecule has 0 bridgehead atoms. The van der Waals surface area contributed by atoms with Gasteiger partial charge in [0.1, 0.15) is 5.82 Å². The number of benzene rings is 2. The van der Waals surface area contributed by atoms with Gasteiger partial charge in [-0.3, -0.25) is 9.59 Å². The summed E-state index contributed by atoms with van der Waals surface area (Å²) in [4.78, 5) is 24.1. The van der Waals surface area contributed by atoms with Gasteiger partial charge in [0.15, 0.2) is 0 Å². The summed E-state index contributed by atoms with van der Waals surface area (Å²) >= 11 is 0. The molecule has 0 aliphatic heterocycles. The zero-order chi connectivity index (χ0) is 33.8. The van der Waals surface area contributed by atoms with Crippen LogP contribution < -0.4 is 5.32 Å². The van der Waals surface area contributed by atoms with E-state index in [1.54, 1.807) is 36.4 Å². The number of hydrogen-bond acceptors (Lipinski definition) is 4. The average molecular weight is 607 g/mol. The van der Waals surface area contributed by atoms with Crippen molar-refractivity contribution >= 4 is 17.6 Å². The van der Waals surface area contributed by atoms with E-state index in [0.29, 0.717) is 29.1 Å². The number of allylic oxidation sites excluding steroid dienone is 2. The highest BCUT2D eigenvalue weighted by Crippen LogP contribution is 2.32. The van der Waals surface area contributed by atoms with Gasteiger partial charge < -0.3 is 25.2 Å². The van der Waals surface area contributed by atoms with Crippen molar-refractivity contribution < 1.29 is 29.3 Å². The number of aliphatic hydroxyl groups is 2. The molecule has 44 heavy (non-hydrogen) atoms. The van der Waals surface area contributed by atoms with Crippen molar-refractivity contribution in [3.63, 3.8) is 0 Å². The Bertz CT molecular complexity index is 1320. The van der Waals surface area contributed by atoms with Gasteiger partial charge >= 0.3 is 5.97 Å². The third-order valence-corrected chi connectivity index (χ3v) is 5.74. The highest BCUT2D eigenvalue weighted by molar-refractivity contribution is 6.06. The molecule has 7 nitrogen and oxygen atoms in total. The van der Waals surface area contributed by atoms with Crippen LogP contribution in [0.25, 0.3) is 11.3 Å². The normalized spacial score (nSPS) is 11.2. The largest absolute Gasteiger partial charge is 0.481 e.